The molecule has 17 aromatic rings. The van der Waals surface area contributed by atoms with Crippen LogP contribution in [-0.4, -0.2) is 24.1 Å². The van der Waals surface area contributed by atoms with E-state index < -0.39 is 0 Å². The standard InChI is InChI=1S/C75H45N5O2/c1-3-16-46(17-4-1)48-34-38-66-62(42-48)58-36-32-50(44-67(58)79(66)54-21-5-2-6-22-54)49-35-39-69-63(43-49)72-61(27-15-31-70(72)81-69)75-77-73(52-19-13-18-47(40-52)51-33-37-60-59-26-9-12-30-68(59)82-71(60)45-51)76-74(78-75)53-20-14-23-55(41-53)80-64-28-10-7-24-56(64)57-25-8-11-29-65(57)80/h1-45H. The first-order valence-electron chi connectivity index (χ1n) is 27.6. The maximum atomic E-state index is 6.73. The number of fused-ring (bicyclic) bond motifs is 12. The van der Waals surface area contributed by atoms with Crippen LogP contribution in [-0.2, 0) is 0 Å². The van der Waals surface area contributed by atoms with Crippen molar-refractivity contribution in [2.75, 3.05) is 0 Å². The lowest BCUT2D eigenvalue weighted by Crippen LogP contribution is -2.01. The summed E-state index contributed by atoms with van der Waals surface area (Å²) in [4.78, 5) is 16.2. The van der Waals surface area contributed by atoms with Gasteiger partial charge in [-0.05, 0) is 130 Å². The molecule has 7 heteroatoms. The highest BCUT2D eigenvalue weighted by Gasteiger charge is 2.22. The highest BCUT2D eigenvalue weighted by atomic mass is 16.3. The summed E-state index contributed by atoms with van der Waals surface area (Å²) in [5.74, 6) is 1.65. The molecule has 0 saturated heterocycles. The lowest BCUT2D eigenvalue weighted by atomic mass is 9.99. The Hall–Kier alpha value is -11.2. The lowest BCUT2D eigenvalue weighted by Gasteiger charge is -2.12. The highest BCUT2D eigenvalue weighted by molar-refractivity contribution is 6.15. The van der Waals surface area contributed by atoms with Crippen molar-refractivity contribution in [1.29, 1.82) is 0 Å². The number of hydrogen-bond donors (Lipinski definition) is 0. The van der Waals surface area contributed by atoms with Crippen LogP contribution >= 0.6 is 0 Å². The van der Waals surface area contributed by atoms with Crippen molar-refractivity contribution in [1.82, 2.24) is 24.1 Å². The molecule has 0 amide bonds. The molecular formula is C75H45N5O2. The van der Waals surface area contributed by atoms with Gasteiger partial charge in [0.05, 0.1) is 22.1 Å². The van der Waals surface area contributed by atoms with Gasteiger partial charge in [-0.2, -0.15) is 0 Å². The summed E-state index contributed by atoms with van der Waals surface area (Å²) in [6, 6.07) is 96.4. The average molecular weight is 1050 g/mol. The summed E-state index contributed by atoms with van der Waals surface area (Å²) in [6.45, 7) is 0. The SMILES string of the molecule is c1ccc(-c2ccc3c(c2)c2ccc(-c4ccc5oc6cccc(-c7nc(-c8cccc(-c9ccc%10c(c9)oc9ccccc9%10)c8)nc(-c8cccc(-n9c%10ccccc%10c%10ccccc%109)c8)n7)c6c5c4)cc2n3-c2ccccc2)cc1. The number of nitrogens with zero attached hydrogens (tertiary/aromatic N) is 5. The zero-order chi connectivity index (χ0) is 53.8. The number of para-hydroxylation sites is 4. The van der Waals surface area contributed by atoms with Gasteiger partial charge in [-0.3, -0.25) is 0 Å². The van der Waals surface area contributed by atoms with Gasteiger partial charge in [0.25, 0.3) is 0 Å². The van der Waals surface area contributed by atoms with Crippen molar-refractivity contribution in [2.24, 2.45) is 0 Å². The summed E-state index contributed by atoms with van der Waals surface area (Å²) < 4.78 is 17.8. The van der Waals surface area contributed by atoms with E-state index in [0.29, 0.717) is 17.5 Å². The van der Waals surface area contributed by atoms with Crippen LogP contribution in [0.1, 0.15) is 0 Å². The van der Waals surface area contributed by atoms with Crippen LogP contribution in [0.3, 0.4) is 0 Å². The van der Waals surface area contributed by atoms with Crippen LogP contribution in [0.5, 0.6) is 0 Å². The Balaban J connectivity index is 0.834. The minimum absolute atomic E-state index is 0.540. The van der Waals surface area contributed by atoms with Gasteiger partial charge < -0.3 is 18.0 Å². The summed E-state index contributed by atoms with van der Waals surface area (Å²) in [6.07, 6.45) is 0. The van der Waals surface area contributed by atoms with Gasteiger partial charge in [0, 0.05) is 71.2 Å². The fraction of sp³-hybridized carbons (Fsp3) is 0. The molecule has 0 spiro atoms. The second-order valence-electron chi connectivity index (χ2n) is 21.1. The summed E-state index contributed by atoms with van der Waals surface area (Å²) in [5.41, 5.74) is 19.1. The van der Waals surface area contributed by atoms with E-state index in [2.05, 4.69) is 258 Å². The van der Waals surface area contributed by atoms with Gasteiger partial charge in [-0.15, -0.1) is 0 Å². The molecule has 82 heavy (non-hydrogen) atoms. The maximum Gasteiger partial charge on any atom is 0.164 e. The van der Waals surface area contributed by atoms with Crippen LogP contribution in [0.15, 0.2) is 282 Å². The third-order valence-corrected chi connectivity index (χ3v) is 16.4. The first-order valence-corrected chi connectivity index (χ1v) is 27.6. The zero-order valence-corrected chi connectivity index (χ0v) is 44.0. The highest BCUT2D eigenvalue weighted by Crippen LogP contribution is 2.42. The number of aromatic nitrogens is 5. The van der Waals surface area contributed by atoms with Crippen LogP contribution < -0.4 is 0 Å². The van der Waals surface area contributed by atoms with E-state index in [1.165, 1.54) is 32.7 Å². The number of rotatable bonds is 8. The quantitative estimate of drug-likeness (QED) is 0.152. The second kappa shape index (κ2) is 18.2. The van der Waals surface area contributed by atoms with E-state index in [1.54, 1.807) is 0 Å². The first kappa shape index (κ1) is 45.8. The Kier molecular flexibility index (Phi) is 10.2. The second-order valence-corrected chi connectivity index (χ2v) is 21.1. The largest absolute Gasteiger partial charge is 0.456 e. The molecule has 5 aromatic heterocycles. The molecule has 7 nitrogen and oxygen atoms in total. The topological polar surface area (TPSA) is 74.8 Å². The molecule has 0 N–H and O–H groups in total. The molecule has 0 fully saturated rings. The van der Waals surface area contributed by atoms with Crippen molar-refractivity contribution >= 4 is 87.5 Å². The monoisotopic (exact) mass is 1050 g/mol. The third-order valence-electron chi connectivity index (χ3n) is 16.4. The normalized spacial score (nSPS) is 11.9. The first-order chi connectivity index (χ1) is 40.6. The van der Waals surface area contributed by atoms with Crippen molar-refractivity contribution in [3.63, 3.8) is 0 Å². The predicted molar refractivity (Wildman–Crippen MR) is 336 cm³/mol. The molecule has 5 heterocycles. The molecule has 0 bridgehead atoms. The summed E-state index contributed by atoms with van der Waals surface area (Å²) >= 11 is 0. The maximum absolute atomic E-state index is 6.73. The summed E-state index contributed by atoms with van der Waals surface area (Å²) in [7, 11) is 0. The van der Waals surface area contributed by atoms with E-state index in [4.69, 9.17) is 23.8 Å². The van der Waals surface area contributed by atoms with Crippen LogP contribution in [0, 0.1) is 0 Å². The average Bonchev–Trinajstić information content (AvgIpc) is 4.05. The number of hydrogen-bond acceptors (Lipinski definition) is 5. The molecule has 0 aliphatic carbocycles. The van der Waals surface area contributed by atoms with Gasteiger partial charge in [0.2, 0.25) is 0 Å². The summed E-state index contributed by atoms with van der Waals surface area (Å²) in [5, 5.41) is 8.89. The van der Waals surface area contributed by atoms with Gasteiger partial charge >= 0.3 is 0 Å². The fourth-order valence-electron chi connectivity index (χ4n) is 12.5. The van der Waals surface area contributed by atoms with Crippen molar-refractivity contribution in [3.8, 4) is 78.9 Å². The Morgan fingerprint density at radius 3 is 1.51 bits per heavy atom. The molecule has 0 saturated carbocycles. The zero-order valence-electron chi connectivity index (χ0n) is 44.0. The molecule has 17 rings (SSSR count). The van der Waals surface area contributed by atoms with Crippen molar-refractivity contribution < 1.29 is 8.83 Å². The van der Waals surface area contributed by atoms with Crippen LogP contribution in [0.25, 0.3) is 166 Å². The molecule has 0 aliphatic rings. The van der Waals surface area contributed by atoms with E-state index in [1.807, 2.05) is 24.3 Å². The lowest BCUT2D eigenvalue weighted by molar-refractivity contribution is 0.668. The minimum atomic E-state index is 0.540. The van der Waals surface area contributed by atoms with Crippen LogP contribution in [0.2, 0.25) is 0 Å². The van der Waals surface area contributed by atoms with Crippen molar-refractivity contribution in [3.05, 3.63) is 273 Å². The van der Waals surface area contributed by atoms with E-state index in [0.717, 1.165) is 116 Å². The smallest absolute Gasteiger partial charge is 0.164 e. The molecular weight excluding hydrogens is 1000 g/mol. The van der Waals surface area contributed by atoms with E-state index in [9.17, 15) is 0 Å². The van der Waals surface area contributed by atoms with Gasteiger partial charge in [-0.1, -0.05) is 176 Å². The predicted octanol–water partition coefficient (Wildman–Crippen LogP) is 19.9. The molecule has 12 aromatic carbocycles. The van der Waals surface area contributed by atoms with E-state index >= 15 is 0 Å². The van der Waals surface area contributed by atoms with Crippen LogP contribution in [0.4, 0.5) is 0 Å². The van der Waals surface area contributed by atoms with E-state index in [-0.39, 0.29) is 0 Å². The molecule has 0 radical (unpaired) electrons. The third kappa shape index (κ3) is 7.34. The number of benzene rings is 12. The fourth-order valence-corrected chi connectivity index (χ4v) is 12.5. The minimum Gasteiger partial charge on any atom is -0.456 e. The van der Waals surface area contributed by atoms with Gasteiger partial charge in [-0.25, -0.2) is 15.0 Å². The number of furan rings is 2. The van der Waals surface area contributed by atoms with Crippen molar-refractivity contribution in [2.45, 2.75) is 0 Å². The Labute approximate surface area is 469 Å². The molecule has 0 aliphatic heterocycles. The Bertz CT molecular complexity index is 5360. The molecule has 382 valence electrons. The molecule has 0 unspecified atom stereocenters. The van der Waals surface area contributed by atoms with Gasteiger partial charge in [0.1, 0.15) is 22.3 Å². The van der Waals surface area contributed by atoms with Gasteiger partial charge in [0.15, 0.2) is 17.5 Å². The Morgan fingerprint density at radius 2 is 0.707 bits per heavy atom. The molecule has 0 atom stereocenters. The Morgan fingerprint density at radius 1 is 0.232 bits per heavy atom.